The zero-order valence-electron chi connectivity index (χ0n) is 14.9. The summed E-state index contributed by atoms with van der Waals surface area (Å²) in [6, 6.07) is 26.3. The molecule has 5 rings (SSSR count). The first kappa shape index (κ1) is 17.2. The summed E-state index contributed by atoms with van der Waals surface area (Å²) >= 11 is 7.77. The number of benzene rings is 3. The van der Waals surface area contributed by atoms with Crippen LogP contribution >= 0.6 is 22.9 Å². The third kappa shape index (κ3) is 3.21. The zero-order valence-corrected chi connectivity index (χ0v) is 16.5. The van der Waals surface area contributed by atoms with Gasteiger partial charge in [-0.3, -0.25) is 5.43 Å². The minimum Gasteiger partial charge on any atom is -0.277 e. The SMILES string of the molecule is Clc1ccc(C2=NNC(c3ccccc3)=C(c3nc4ccccc4s3)C2)cc1. The fourth-order valence-corrected chi connectivity index (χ4v) is 4.46. The summed E-state index contributed by atoms with van der Waals surface area (Å²) in [4.78, 5) is 4.90. The number of rotatable bonds is 3. The topological polar surface area (TPSA) is 37.3 Å². The Bertz CT molecular complexity index is 1170. The highest BCUT2D eigenvalue weighted by atomic mass is 35.5. The van der Waals surface area contributed by atoms with Gasteiger partial charge in [0.25, 0.3) is 0 Å². The summed E-state index contributed by atoms with van der Waals surface area (Å²) in [6.07, 6.45) is 0.707. The Balaban J connectivity index is 1.62. The maximum Gasteiger partial charge on any atom is 0.123 e. The molecule has 0 atom stereocenters. The lowest BCUT2D eigenvalue weighted by Crippen LogP contribution is -2.19. The molecule has 1 aliphatic heterocycles. The van der Waals surface area contributed by atoms with Gasteiger partial charge in [0, 0.05) is 17.0 Å². The molecule has 0 bridgehead atoms. The van der Waals surface area contributed by atoms with Crippen molar-refractivity contribution in [2.75, 3.05) is 0 Å². The van der Waals surface area contributed by atoms with Crippen LogP contribution in [0.5, 0.6) is 0 Å². The Kier molecular flexibility index (Phi) is 4.43. The maximum absolute atomic E-state index is 6.05. The summed E-state index contributed by atoms with van der Waals surface area (Å²) in [5, 5.41) is 6.40. The summed E-state index contributed by atoms with van der Waals surface area (Å²) < 4.78 is 1.19. The van der Waals surface area contributed by atoms with E-state index in [1.165, 1.54) is 4.70 Å². The first-order chi connectivity index (χ1) is 13.8. The van der Waals surface area contributed by atoms with E-state index in [1.807, 2.05) is 48.5 Å². The molecule has 5 heteroatoms. The number of nitrogens with zero attached hydrogens (tertiary/aromatic N) is 2. The van der Waals surface area contributed by atoms with Crippen LogP contribution in [0.3, 0.4) is 0 Å². The van der Waals surface area contributed by atoms with Crippen molar-refractivity contribution in [1.82, 2.24) is 10.4 Å². The maximum atomic E-state index is 6.05. The average molecular weight is 402 g/mol. The number of nitrogens with one attached hydrogen (secondary N) is 1. The minimum atomic E-state index is 0.707. The molecule has 0 unspecified atom stereocenters. The van der Waals surface area contributed by atoms with Gasteiger partial charge < -0.3 is 0 Å². The molecule has 2 heterocycles. The van der Waals surface area contributed by atoms with E-state index in [2.05, 4.69) is 40.9 Å². The molecular formula is C23H16ClN3S. The standard InChI is InChI=1S/C23H16ClN3S/c24-17-12-10-15(11-13-17)20-14-18(22(27-26-20)16-6-2-1-3-7-16)23-25-19-8-4-5-9-21(19)28-23/h1-13,27H,14H2. The van der Waals surface area contributed by atoms with Crippen molar-refractivity contribution in [3.63, 3.8) is 0 Å². The second-order valence-corrected chi connectivity index (χ2v) is 8.03. The van der Waals surface area contributed by atoms with Crippen LogP contribution in [0.25, 0.3) is 21.5 Å². The van der Waals surface area contributed by atoms with E-state index in [-0.39, 0.29) is 0 Å². The predicted molar refractivity (Wildman–Crippen MR) is 119 cm³/mol. The van der Waals surface area contributed by atoms with Crippen molar-refractivity contribution >= 4 is 50.1 Å². The van der Waals surface area contributed by atoms with Crippen LogP contribution in [0, 0.1) is 0 Å². The van der Waals surface area contributed by atoms with Gasteiger partial charge in [-0.1, -0.05) is 66.2 Å². The lowest BCUT2D eigenvalue weighted by Gasteiger charge is -2.20. The highest BCUT2D eigenvalue weighted by molar-refractivity contribution is 7.19. The van der Waals surface area contributed by atoms with E-state index in [1.54, 1.807) is 11.3 Å². The summed E-state index contributed by atoms with van der Waals surface area (Å²) in [6.45, 7) is 0. The number of hydrazone groups is 1. The number of hydrogen-bond acceptors (Lipinski definition) is 4. The normalized spacial score (nSPS) is 14.1. The monoisotopic (exact) mass is 401 g/mol. The zero-order chi connectivity index (χ0) is 18.9. The van der Waals surface area contributed by atoms with Crippen LogP contribution in [-0.2, 0) is 0 Å². The van der Waals surface area contributed by atoms with Gasteiger partial charge in [-0.05, 0) is 35.4 Å². The number of aromatic nitrogens is 1. The molecule has 0 saturated heterocycles. The van der Waals surface area contributed by atoms with E-state index in [9.17, 15) is 0 Å². The van der Waals surface area contributed by atoms with Crippen molar-refractivity contribution in [1.29, 1.82) is 0 Å². The highest BCUT2D eigenvalue weighted by Gasteiger charge is 2.22. The second-order valence-electron chi connectivity index (χ2n) is 6.56. The number of halogens is 1. The van der Waals surface area contributed by atoms with Crippen LogP contribution < -0.4 is 5.43 Å². The molecule has 0 spiro atoms. The van der Waals surface area contributed by atoms with E-state index >= 15 is 0 Å². The number of allylic oxidation sites excluding steroid dienone is 1. The van der Waals surface area contributed by atoms with Gasteiger partial charge in [-0.2, -0.15) is 5.10 Å². The highest BCUT2D eigenvalue weighted by Crippen LogP contribution is 2.36. The fraction of sp³-hybridized carbons (Fsp3) is 0.0435. The van der Waals surface area contributed by atoms with Crippen molar-refractivity contribution in [3.05, 3.63) is 100 Å². The first-order valence-corrected chi connectivity index (χ1v) is 10.2. The quantitative estimate of drug-likeness (QED) is 0.442. The lowest BCUT2D eigenvalue weighted by molar-refractivity contribution is 0.964. The molecule has 1 aromatic heterocycles. The van der Waals surface area contributed by atoms with Gasteiger partial charge in [0.2, 0.25) is 0 Å². The van der Waals surface area contributed by atoms with E-state index in [0.717, 1.165) is 43.7 Å². The van der Waals surface area contributed by atoms with Gasteiger partial charge in [-0.15, -0.1) is 11.3 Å². The van der Waals surface area contributed by atoms with Crippen LogP contribution in [0.4, 0.5) is 0 Å². The van der Waals surface area contributed by atoms with Crippen LogP contribution in [0.2, 0.25) is 5.02 Å². The van der Waals surface area contributed by atoms with Crippen molar-refractivity contribution in [2.24, 2.45) is 5.10 Å². The third-order valence-corrected chi connectivity index (χ3v) is 6.09. The van der Waals surface area contributed by atoms with Gasteiger partial charge in [-0.25, -0.2) is 4.98 Å². The Hall–Kier alpha value is -2.95. The van der Waals surface area contributed by atoms with Gasteiger partial charge in [0.1, 0.15) is 5.01 Å². The molecular weight excluding hydrogens is 386 g/mol. The predicted octanol–water partition coefficient (Wildman–Crippen LogP) is 6.22. The summed E-state index contributed by atoms with van der Waals surface area (Å²) in [7, 11) is 0. The largest absolute Gasteiger partial charge is 0.277 e. The molecule has 0 amide bonds. The number of para-hydroxylation sites is 1. The molecule has 1 aliphatic rings. The molecule has 3 aromatic carbocycles. The summed E-state index contributed by atoms with van der Waals surface area (Å²) in [5.41, 5.74) is 9.63. The molecule has 4 aromatic rings. The lowest BCUT2D eigenvalue weighted by atomic mass is 9.97. The Labute approximate surface area is 172 Å². The molecule has 28 heavy (non-hydrogen) atoms. The Morgan fingerprint density at radius 1 is 0.821 bits per heavy atom. The van der Waals surface area contributed by atoms with E-state index < -0.39 is 0 Å². The van der Waals surface area contributed by atoms with E-state index in [4.69, 9.17) is 16.6 Å². The van der Waals surface area contributed by atoms with Crippen molar-refractivity contribution < 1.29 is 0 Å². The smallest absolute Gasteiger partial charge is 0.123 e. The number of fused-ring (bicyclic) bond motifs is 1. The van der Waals surface area contributed by atoms with E-state index in [0.29, 0.717) is 6.42 Å². The molecule has 0 fully saturated rings. The molecule has 0 radical (unpaired) electrons. The van der Waals surface area contributed by atoms with Gasteiger partial charge in [0.05, 0.1) is 21.6 Å². The van der Waals surface area contributed by atoms with Gasteiger partial charge in [0.15, 0.2) is 0 Å². The molecule has 1 N–H and O–H groups in total. The minimum absolute atomic E-state index is 0.707. The first-order valence-electron chi connectivity index (χ1n) is 9.01. The van der Waals surface area contributed by atoms with Crippen LogP contribution in [-0.4, -0.2) is 10.7 Å². The number of thiazole rings is 1. The van der Waals surface area contributed by atoms with Crippen LogP contribution in [0.1, 0.15) is 22.6 Å². The summed E-state index contributed by atoms with van der Waals surface area (Å²) in [5.74, 6) is 0. The Morgan fingerprint density at radius 2 is 1.57 bits per heavy atom. The van der Waals surface area contributed by atoms with Crippen molar-refractivity contribution in [2.45, 2.75) is 6.42 Å². The fourth-order valence-electron chi connectivity index (χ4n) is 3.32. The number of hydrogen-bond donors (Lipinski definition) is 1. The second kappa shape index (κ2) is 7.23. The third-order valence-electron chi connectivity index (χ3n) is 4.74. The molecule has 0 aliphatic carbocycles. The average Bonchev–Trinajstić information content (AvgIpc) is 3.19. The van der Waals surface area contributed by atoms with Gasteiger partial charge >= 0.3 is 0 Å². The van der Waals surface area contributed by atoms with Crippen molar-refractivity contribution in [3.8, 4) is 0 Å². The molecule has 136 valence electrons. The molecule has 3 nitrogen and oxygen atoms in total. The molecule has 0 saturated carbocycles. The Morgan fingerprint density at radius 3 is 2.36 bits per heavy atom. The van der Waals surface area contributed by atoms with Crippen LogP contribution in [0.15, 0.2) is 84.0 Å².